The molecule has 2 heterocycles. The molecule has 0 radical (unpaired) electrons. The van der Waals surface area contributed by atoms with Crippen molar-refractivity contribution in [2.24, 2.45) is 5.92 Å². The Bertz CT molecular complexity index is 1190. The number of amides is 1. The molecular weight excluding hydrogens is 492 g/mol. The molecule has 0 unspecified atom stereocenters. The van der Waals surface area contributed by atoms with Gasteiger partial charge in [0, 0.05) is 35.5 Å². The number of anilines is 1. The van der Waals surface area contributed by atoms with Gasteiger partial charge in [-0.05, 0) is 35.4 Å². The van der Waals surface area contributed by atoms with Crippen LogP contribution in [0, 0.1) is 5.92 Å². The van der Waals surface area contributed by atoms with Crippen LogP contribution in [0.5, 0.6) is 0 Å². The number of carbonyl (C=O) groups is 2. The number of rotatable bonds is 10. The number of benzene rings is 2. The number of carboxylic acid groups (broad SMARTS) is 1. The van der Waals surface area contributed by atoms with Crippen LogP contribution in [-0.4, -0.2) is 38.9 Å². The van der Waals surface area contributed by atoms with Crippen LogP contribution in [0.3, 0.4) is 0 Å². The van der Waals surface area contributed by atoms with Gasteiger partial charge in [0.1, 0.15) is 0 Å². The highest BCUT2D eigenvalue weighted by atomic mass is 32.2. The number of aliphatic carboxylic acids is 1. The zero-order valence-electron chi connectivity index (χ0n) is 20.4. The fourth-order valence-electron chi connectivity index (χ4n) is 4.12. The monoisotopic (exact) mass is 522 g/mol. The summed E-state index contributed by atoms with van der Waals surface area (Å²) in [4.78, 5) is 27.3. The number of carbonyl (C=O) groups excluding carboxylic acids is 1. The van der Waals surface area contributed by atoms with Crippen molar-refractivity contribution in [2.75, 3.05) is 11.1 Å². The first-order valence-electron chi connectivity index (χ1n) is 12.1. The summed E-state index contributed by atoms with van der Waals surface area (Å²) in [5.74, 6) is -0.680. The number of aliphatic hydroxyl groups is 1. The molecule has 194 valence electrons. The van der Waals surface area contributed by atoms with E-state index in [0.717, 1.165) is 21.7 Å². The van der Waals surface area contributed by atoms with Crippen LogP contribution in [0.1, 0.15) is 48.8 Å². The minimum Gasteiger partial charge on any atom is -0.481 e. The summed E-state index contributed by atoms with van der Waals surface area (Å²) in [6.45, 7) is 2.07. The first kappa shape index (κ1) is 26.8. The molecule has 2 aromatic carbocycles. The van der Waals surface area contributed by atoms with Crippen molar-refractivity contribution in [3.05, 3.63) is 89.6 Å². The smallest absolute Gasteiger partial charge is 0.303 e. The molecule has 1 fully saturated rings. The molecule has 3 N–H and O–H groups in total. The Balaban J connectivity index is 1.55. The van der Waals surface area contributed by atoms with E-state index in [4.69, 9.17) is 14.6 Å². The highest BCUT2D eigenvalue weighted by Crippen LogP contribution is 2.43. The van der Waals surface area contributed by atoms with Gasteiger partial charge in [0.25, 0.3) is 0 Å². The number of ether oxygens (including phenoxy) is 2. The fourth-order valence-corrected chi connectivity index (χ4v) is 5.14. The van der Waals surface area contributed by atoms with E-state index in [1.54, 1.807) is 36.2 Å². The maximum Gasteiger partial charge on any atom is 0.303 e. The topological polar surface area (TPSA) is 118 Å². The number of nitrogens with zero attached hydrogens (tertiary/aromatic N) is 1. The molecule has 1 aromatic heterocycles. The second-order valence-corrected chi connectivity index (χ2v) is 9.91. The van der Waals surface area contributed by atoms with Crippen molar-refractivity contribution in [1.82, 2.24) is 4.98 Å². The van der Waals surface area contributed by atoms with Gasteiger partial charge in [-0.15, -0.1) is 11.8 Å². The van der Waals surface area contributed by atoms with E-state index in [2.05, 4.69) is 17.2 Å². The number of hydrogen-bond donors (Lipinski definition) is 3. The Morgan fingerprint density at radius 3 is 2.51 bits per heavy atom. The lowest BCUT2D eigenvalue weighted by Crippen LogP contribution is -2.38. The third kappa shape index (κ3) is 7.39. The molecule has 3 aromatic rings. The van der Waals surface area contributed by atoms with Gasteiger partial charge in [-0.2, -0.15) is 0 Å². The number of thioether (sulfide) groups is 1. The minimum absolute atomic E-state index is 0.0264. The molecule has 1 amide bonds. The molecule has 1 aliphatic rings. The number of nitrogens with one attached hydrogen (secondary N) is 1. The summed E-state index contributed by atoms with van der Waals surface area (Å²) < 4.78 is 12.9. The van der Waals surface area contributed by atoms with Crippen LogP contribution < -0.4 is 5.32 Å². The molecule has 0 saturated carbocycles. The second kappa shape index (κ2) is 12.8. The van der Waals surface area contributed by atoms with Gasteiger partial charge in [-0.25, -0.2) is 4.98 Å². The molecule has 8 nitrogen and oxygen atoms in total. The quantitative estimate of drug-likeness (QED) is 0.320. The van der Waals surface area contributed by atoms with E-state index in [1.165, 1.54) is 0 Å². The molecule has 4 rings (SSSR count). The Morgan fingerprint density at radius 2 is 1.81 bits per heavy atom. The molecule has 1 saturated heterocycles. The SMILES string of the molecule is C[C@@H]1[C@H](CSc2ccccn2)O[C@H](c2cccc(NC(=O)CCC(=O)O)c2)O[C@@H]1c1ccc(CO)cc1. The Labute approximate surface area is 220 Å². The van der Waals surface area contributed by atoms with Crippen molar-refractivity contribution in [2.45, 2.75) is 49.9 Å². The van der Waals surface area contributed by atoms with Gasteiger partial charge < -0.3 is 25.0 Å². The molecule has 0 aliphatic carbocycles. The van der Waals surface area contributed by atoms with Crippen LogP contribution in [-0.2, 0) is 25.7 Å². The molecule has 9 heteroatoms. The van der Waals surface area contributed by atoms with Gasteiger partial charge in [-0.1, -0.05) is 49.4 Å². The van der Waals surface area contributed by atoms with Gasteiger partial charge >= 0.3 is 5.97 Å². The predicted octanol–water partition coefficient (Wildman–Crippen LogP) is 4.96. The van der Waals surface area contributed by atoms with E-state index >= 15 is 0 Å². The van der Waals surface area contributed by atoms with Crippen molar-refractivity contribution >= 4 is 29.3 Å². The van der Waals surface area contributed by atoms with E-state index in [1.807, 2.05) is 48.5 Å². The number of carboxylic acids is 1. The third-order valence-electron chi connectivity index (χ3n) is 6.17. The Kier molecular flexibility index (Phi) is 9.29. The van der Waals surface area contributed by atoms with Crippen LogP contribution >= 0.6 is 11.8 Å². The van der Waals surface area contributed by atoms with E-state index < -0.39 is 12.3 Å². The number of aliphatic hydroxyl groups excluding tert-OH is 1. The van der Waals surface area contributed by atoms with Gasteiger partial charge in [0.2, 0.25) is 5.91 Å². The molecule has 4 atom stereocenters. The lowest BCUT2D eigenvalue weighted by atomic mass is 9.91. The van der Waals surface area contributed by atoms with E-state index in [-0.39, 0.29) is 43.5 Å². The second-order valence-electron chi connectivity index (χ2n) is 8.87. The standard InChI is InChI=1S/C28H30N2O6S/c1-18-23(17-37-25-7-2-3-14-29-25)35-28(36-27(18)20-10-8-19(16-31)9-11-20)21-5-4-6-22(15-21)30-24(32)12-13-26(33)34/h2-11,14-15,18,23,27-28,31H,12-13,16-17H2,1H3,(H,30,32)(H,33,34)/t18-,23+,27+,28+/m1/s1. The Hall–Kier alpha value is -3.24. The number of pyridine rings is 1. The van der Waals surface area contributed by atoms with Crippen molar-refractivity contribution in [3.8, 4) is 0 Å². The molecule has 0 bridgehead atoms. The number of hydrogen-bond acceptors (Lipinski definition) is 7. The number of aromatic nitrogens is 1. The summed E-state index contributed by atoms with van der Waals surface area (Å²) in [5.41, 5.74) is 3.10. The fraction of sp³-hybridized carbons (Fsp3) is 0.321. The van der Waals surface area contributed by atoms with Gasteiger partial charge in [-0.3, -0.25) is 9.59 Å². The van der Waals surface area contributed by atoms with Crippen LogP contribution in [0.25, 0.3) is 0 Å². The predicted molar refractivity (Wildman–Crippen MR) is 140 cm³/mol. The zero-order chi connectivity index (χ0) is 26.2. The summed E-state index contributed by atoms with van der Waals surface area (Å²) in [6.07, 6.45) is 0.346. The van der Waals surface area contributed by atoms with Crippen LogP contribution in [0.4, 0.5) is 5.69 Å². The van der Waals surface area contributed by atoms with Crippen LogP contribution in [0.15, 0.2) is 78.0 Å². The molecule has 0 spiro atoms. The first-order valence-corrected chi connectivity index (χ1v) is 13.1. The summed E-state index contributed by atoms with van der Waals surface area (Å²) in [5, 5.41) is 21.9. The lowest BCUT2D eigenvalue weighted by Gasteiger charge is -2.41. The summed E-state index contributed by atoms with van der Waals surface area (Å²) >= 11 is 1.62. The molecular formula is C28H30N2O6S. The maximum absolute atomic E-state index is 12.1. The highest BCUT2D eigenvalue weighted by molar-refractivity contribution is 7.99. The average molecular weight is 523 g/mol. The van der Waals surface area contributed by atoms with Gasteiger partial charge in [0.05, 0.1) is 30.3 Å². The first-order chi connectivity index (χ1) is 17.9. The normalized spacial score (nSPS) is 21.4. The highest BCUT2D eigenvalue weighted by Gasteiger charge is 2.38. The zero-order valence-corrected chi connectivity index (χ0v) is 21.3. The maximum atomic E-state index is 12.1. The lowest BCUT2D eigenvalue weighted by molar-refractivity contribution is -0.268. The minimum atomic E-state index is -1.02. The van der Waals surface area contributed by atoms with E-state index in [9.17, 15) is 14.7 Å². The summed E-state index contributed by atoms with van der Waals surface area (Å²) in [6, 6.07) is 20.7. The van der Waals surface area contributed by atoms with E-state index in [0.29, 0.717) is 11.4 Å². The largest absolute Gasteiger partial charge is 0.481 e. The van der Waals surface area contributed by atoms with Gasteiger partial charge in [0.15, 0.2) is 6.29 Å². The van der Waals surface area contributed by atoms with Crippen LogP contribution in [0.2, 0.25) is 0 Å². The average Bonchev–Trinajstić information content (AvgIpc) is 2.92. The Morgan fingerprint density at radius 1 is 1.00 bits per heavy atom. The summed E-state index contributed by atoms with van der Waals surface area (Å²) in [7, 11) is 0. The van der Waals surface area contributed by atoms with Crippen molar-refractivity contribution < 1.29 is 29.3 Å². The van der Waals surface area contributed by atoms with Crippen molar-refractivity contribution in [3.63, 3.8) is 0 Å². The van der Waals surface area contributed by atoms with Crippen molar-refractivity contribution in [1.29, 1.82) is 0 Å². The molecule has 1 aliphatic heterocycles. The molecule has 37 heavy (non-hydrogen) atoms. The third-order valence-corrected chi connectivity index (χ3v) is 7.20.